The summed E-state index contributed by atoms with van der Waals surface area (Å²) in [6, 6.07) is 0.878. The van der Waals surface area contributed by atoms with Gasteiger partial charge in [-0.3, -0.25) is 26.1 Å². The lowest BCUT2D eigenvalue weighted by molar-refractivity contribution is -0.00304. The number of aromatic nitrogens is 1. The summed E-state index contributed by atoms with van der Waals surface area (Å²) < 4.78 is 0. The maximum atomic E-state index is 5.74. The van der Waals surface area contributed by atoms with Crippen molar-refractivity contribution < 1.29 is 0 Å². The Morgan fingerprint density at radius 2 is 2.29 bits per heavy atom. The molecule has 3 aliphatic rings. The molecule has 4 rings (SSSR count). The zero-order valence-electron chi connectivity index (χ0n) is 9.88. The molecule has 2 atom stereocenters. The number of hydrogen-bond donors (Lipinski definition) is 2. The highest BCUT2D eigenvalue weighted by Gasteiger charge is 2.36. The second-order valence-corrected chi connectivity index (χ2v) is 5.82. The summed E-state index contributed by atoms with van der Waals surface area (Å²) in [7, 11) is 0. The first-order valence-electron chi connectivity index (χ1n) is 6.16. The molecule has 4 heterocycles. The second kappa shape index (κ2) is 4.99. The lowest BCUT2D eigenvalue weighted by Crippen LogP contribution is -2.67. The van der Waals surface area contributed by atoms with Crippen LogP contribution in [0.15, 0.2) is 11.7 Å². The molecule has 3 N–H and O–H groups in total. The Balaban J connectivity index is 1.68. The number of hydrazine groups is 1. The van der Waals surface area contributed by atoms with Crippen LogP contribution in [0.2, 0.25) is 0 Å². The Bertz CT molecular complexity index is 347. The van der Waals surface area contributed by atoms with E-state index >= 15 is 0 Å². The number of fused-ring (bicyclic) bond motifs is 3. The third kappa shape index (κ3) is 2.36. The summed E-state index contributed by atoms with van der Waals surface area (Å²) in [4.78, 5) is 10.6. The van der Waals surface area contributed by atoms with E-state index in [1.807, 2.05) is 11.7 Å². The molecular formula is C11H19N5S. The highest BCUT2D eigenvalue weighted by molar-refractivity contribution is 7.09. The van der Waals surface area contributed by atoms with Gasteiger partial charge in [0, 0.05) is 62.3 Å². The van der Waals surface area contributed by atoms with Crippen molar-refractivity contribution in [2.45, 2.75) is 18.5 Å². The molecule has 2 bridgehead atoms. The van der Waals surface area contributed by atoms with Gasteiger partial charge in [0.25, 0.3) is 0 Å². The molecule has 0 aromatic carbocycles. The highest BCUT2D eigenvalue weighted by Crippen LogP contribution is 2.20. The quantitative estimate of drug-likeness (QED) is 0.560. The van der Waals surface area contributed by atoms with Crippen LogP contribution in [0.4, 0.5) is 0 Å². The van der Waals surface area contributed by atoms with Gasteiger partial charge in [-0.15, -0.1) is 11.3 Å². The summed E-state index contributed by atoms with van der Waals surface area (Å²) in [6.07, 6.45) is 2.93. The monoisotopic (exact) mass is 253 g/mol. The van der Waals surface area contributed by atoms with Crippen LogP contribution in [0.1, 0.15) is 4.88 Å². The summed E-state index contributed by atoms with van der Waals surface area (Å²) in [6.45, 7) is 5.95. The van der Waals surface area contributed by atoms with Crippen molar-refractivity contribution in [1.29, 1.82) is 0 Å². The number of nitrogens with zero attached hydrogens (tertiary/aromatic N) is 3. The predicted octanol–water partition coefficient (Wildman–Crippen LogP) is -0.483. The molecule has 1 aromatic heterocycles. The van der Waals surface area contributed by atoms with Crippen molar-refractivity contribution in [1.82, 2.24) is 20.2 Å². The molecule has 1 aromatic rings. The van der Waals surface area contributed by atoms with Crippen molar-refractivity contribution >= 4 is 11.3 Å². The van der Waals surface area contributed by atoms with E-state index in [0.717, 1.165) is 13.0 Å². The summed E-state index contributed by atoms with van der Waals surface area (Å²) in [5, 5.41) is 0. The van der Waals surface area contributed by atoms with Crippen molar-refractivity contribution in [2.24, 2.45) is 5.84 Å². The second-order valence-electron chi connectivity index (χ2n) is 4.85. The van der Waals surface area contributed by atoms with Crippen molar-refractivity contribution in [3.05, 3.63) is 16.6 Å². The lowest BCUT2D eigenvalue weighted by Gasteiger charge is -2.50. The largest absolute Gasteiger partial charge is 0.299 e. The molecule has 5 nitrogen and oxygen atoms in total. The molecule has 94 valence electrons. The summed E-state index contributed by atoms with van der Waals surface area (Å²) in [5.41, 5.74) is 4.89. The summed E-state index contributed by atoms with van der Waals surface area (Å²) >= 11 is 1.71. The SMILES string of the molecule is NNC(Cc1cncs1)C1CN2CCN1CC2. The van der Waals surface area contributed by atoms with Gasteiger partial charge in [0.05, 0.1) is 5.51 Å². The maximum absolute atomic E-state index is 5.74. The minimum atomic E-state index is 0.332. The van der Waals surface area contributed by atoms with E-state index < -0.39 is 0 Å². The van der Waals surface area contributed by atoms with Crippen LogP contribution < -0.4 is 11.3 Å². The maximum Gasteiger partial charge on any atom is 0.0794 e. The Labute approximate surface area is 106 Å². The normalized spacial score (nSPS) is 33.8. The molecule has 0 aliphatic carbocycles. The molecule has 3 aliphatic heterocycles. The van der Waals surface area contributed by atoms with E-state index in [1.165, 1.54) is 31.1 Å². The van der Waals surface area contributed by atoms with Gasteiger partial charge in [0.15, 0.2) is 0 Å². The number of nitrogens with two attached hydrogens (primary N) is 1. The standard InChI is InChI=1S/C11H19N5S/c12-14-10(5-9-6-13-8-17-9)11-7-15-1-3-16(11)4-2-15/h6,8,10-11,14H,1-5,7,12H2. The van der Waals surface area contributed by atoms with E-state index in [9.17, 15) is 0 Å². The van der Waals surface area contributed by atoms with Crippen molar-refractivity contribution in [3.63, 3.8) is 0 Å². The smallest absolute Gasteiger partial charge is 0.0794 e. The van der Waals surface area contributed by atoms with Crippen LogP contribution in [0.5, 0.6) is 0 Å². The van der Waals surface area contributed by atoms with Crippen LogP contribution in [-0.2, 0) is 6.42 Å². The van der Waals surface area contributed by atoms with Gasteiger partial charge >= 0.3 is 0 Å². The third-order valence-corrected chi connectivity index (χ3v) is 4.71. The zero-order valence-corrected chi connectivity index (χ0v) is 10.7. The fraction of sp³-hybridized carbons (Fsp3) is 0.727. The Morgan fingerprint density at radius 1 is 1.47 bits per heavy atom. The number of rotatable bonds is 4. The van der Waals surface area contributed by atoms with Gasteiger partial charge in [0.2, 0.25) is 0 Å². The first-order valence-corrected chi connectivity index (χ1v) is 7.04. The Kier molecular flexibility index (Phi) is 3.39. The first-order chi connectivity index (χ1) is 8.36. The molecule has 0 saturated carbocycles. The molecule has 0 radical (unpaired) electrons. The van der Waals surface area contributed by atoms with Gasteiger partial charge in [-0.25, -0.2) is 0 Å². The highest BCUT2D eigenvalue weighted by atomic mass is 32.1. The van der Waals surface area contributed by atoms with E-state index in [2.05, 4.69) is 20.2 Å². The van der Waals surface area contributed by atoms with Crippen LogP contribution in [0, 0.1) is 0 Å². The van der Waals surface area contributed by atoms with Crippen molar-refractivity contribution in [3.8, 4) is 0 Å². The predicted molar refractivity (Wildman–Crippen MR) is 68.7 cm³/mol. The van der Waals surface area contributed by atoms with Gasteiger partial charge in [-0.05, 0) is 0 Å². The molecule has 3 saturated heterocycles. The molecule has 0 amide bonds. The molecule has 3 fully saturated rings. The fourth-order valence-electron chi connectivity index (χ4n) is 2.91. The van der Waals surface area contributed by atoms with Gasteiger partial charge in [-0.1, -0.05) is 0 Å². The Morgan fingerprint density at radius 3 is 2.82 bits per heavy atom. The Hall–Kier alpha value is -0.530. The van der Waals surface area contributed by atoms with Crippen LogP contribution >= 0.6 is 11.3 Å². The molecule has 2 unspecified atom stereocenters. The van der Waals surface area contributed by atoms with Gasteiger partial charge in [-0.2, -0.15) is 0 Å². The van der Waals surface area contributed by atoms with E-state index in [-0.39, 0.29) is 0 Å². The first kappa shape index (κ1) is 11.6. The molecule has 6 heteroatoms. The van der Waals surface area contributed by atoms with E-state index in [1.54, 1.807) is 11.3 Å². The van der Waals surface area contributed by atoms with Crippen LogP contribution in [-0.4, -0.2) is 59.6 Å². The van der Waals surface area contributed by atoms with E-state index in [0.29, 0.717) is 12.1 Å². The average Bonchev–Trinajstić information content (AvgIpc) is 2.90. The third-order valence-electron chi connectivity index (χ3n) is 3.90. The minimum absolute atomic E-state index is 0.332. The lowest BCUT2D eigenvalue weighted by atomic mass is 9.98. The topological polar surface area (TPSA) is 57.4 Å². The minimum Gasteiger partial charge on any atom is -0.299 e. The zero-order chi connectivity index (χ0) is 11.7. The van der Waals surface area contributed by atoms with E-state index in [4.69, 9.17) is 5.84 Å². The number of hydrogen-bond acceptors (Lipinski definition) is 6. The summed E-state index contributed by atoms with van der Waals surface area (Å²) in [5.74, 6) is 5.74. The average molecular weight is 253 g/mol. The number of thiazole rings is 1. The number of nitrogens with one attached hydrogen (secondary N) is 1. The molecule has 17 heavy (non-hydrogen) atoms. The fourth-order valence-corrected chi connectivity index (χ4v) is 3.56. The molecule has 0 spiro atoms. The van der Waals surface area contributed by atoms with Crippen LogP contribution in [0.3, 0.4) is 0 Å². The van der Waals surface area contributed by atoms with Crippen LogP contribution in [0.25, 0.3) is 0 Å². The molecular weight excluding hydrogens is 234 g/mol. The van der Waals surface area contributed by atoms with Gasteiger partial charge in [0.1, 0.15) is 0 Å². The number of piperazine rings is 3. The van der Waals surface area contributed by atoms with Gasteiger partial charge < -0.3 is 0 Å². The van der Waals surface area contributed by atoms with Crippen molar-refractivity contribution in [2.75, 3.05) is 32.7 Å².